The molecule has 0 aromatic carbocycles. The largest absolute Gasteiger partial charge is 2.00 e. The molecule has 0 bridgehead atoms. The summed E-state index contributed by atoms with van der Waals surface area (Å²) < 4.78 is 0. The zero-order valence-electron chi connectivity index (χ0n) is 5.08. The Labute approximate surface area is 90.3 Å². The molecule has 0 radical (unpaired) electrons. The summed E-state index contributed by atoms with van der Waals surface area (Å²) in [6, 6.07) is 0. The first kappa shape index (κ1) is 11.8. The van der Waals surface area contributed by atoms with E-state index >= 15 is 0 Å². The minimum absolute atomic E-state index is 0. The first-order chi connectivity index (χ1) is 3.27. The quantitative estimate of drug-likeness (QED) is 0.530. The number of hydrogen-bond donors (Lipinski definition) is 0. The Balaban J connectivity index is 0. The summed E-state index contributed by atoms with van der Waals surface area (Å²) in [4.78, 5) is 0. The van der Waals surface area contributed by atoms with Gasteiger partial charge in [-0.25, -0.2) is 0 Å². The van der Waals surface area contributed by atoms with Crippen molar-refractivity contribution in [1.29, 1.82) is 0 Å². The molecule has 1 heteroatoms. The predicted molar refractivity (Wildman–Crippen MR) is 31.5 cm³/mol. The van der Waals surface area contributed by atoms with E-state index in [1.54, 1.807) is 6.08 Å². The molecule has 0 aliphatic carbocycles. The molecule has 52 valence electrons. The maximum atomic E-state index is 5.03. The molecule has 0 nitrogen and oxygen atoms in total. The molecule has 0 N–H and O–H groups in total. The van der Waals surface area contributed by atoms with Crippen LogP contribution in [0.3, 0.4) is 0 Å². The summed E-state index contributed by atoms with van der Waals surface area (Å²) in [5.41, 5.74) is 0. The minimum Gasteiger partial charge on any atom is -0.394 e. The fourth-order valence-electron chi connectivity index (χ4n) is 0.248. The van der Waals surface area contributed by atoms with Crippen LogP contribution in [0.2, 0.25) is 0 Å². The Kier molecular flexibility index (Phi) is 11.8. The molecule has 0 aliphatic heterocycles. The normalized spacial score (nSPS) is 9.38. The average molecular weight is 267 g/mol. The van der Waals surface area contributed by atoms with Gasteiger partial charge in [0.15, 0.2) is 0 Å². The fraction of sp³-hybridized carbons (Fsp3) is 0.429. The van der Waals surface area contributed by atoms with Gasteiger partial charge in [-0.15, -0.1) is 5.92 Å². The number of allylic oxidation sites excluding steroid dienone is 3. The topological polar surface area (TPSA) is 0 Å². The molecular weight excluding hydrogens is 257 g/mol. The van der Waals surface area contributed by atoms with Crippen LogP contribution >= 0.6 is 0 Å². The van der Waals surface area contributed by atoms with E-state index in [0.29, 0.717) is 5.92 Å². The molecule has 0 fully saturated rings. The van der Waals surface area contributed by atoms with Crippen molar-refractivity contribution in [3.05, 3.63) is 24.8 Å². The van der Waals surface area contributed by atoms with Gasteiger partial charge in [0.2, 0.25) is 0 Å². The smallest absolute Gasteiger partial charge is 0.394 e. The molecule has 0 aromatic rings. The summed E-state index contributed by atoms with van der Waals surface area (Å²) in [5.74, 6) is 0.486. The van der Waals surface area contributed by atoms with Gasteiger partial charge in [-0.3, -0.25) is 0 Å². The van der Waals surface area contributed by atoms with E-state index in [1.807, 2.05) is 0 Å². The average Bonchev–Trinajstić information content (AvgIpc) is 1.61. The second-order valence-corrected chi connectivity index (χ2v) is 1.68. The fourth-order valence-corrected chi connectivity index (χ4v) is 0.248. The third-order valence-corrected chi connectivity index (χ3v) is 0.526. The van der Waals surface area contributed by atoms with Crippen LogP contribution in [0.25, 0.3) is 0 Å². The molecule has 0 aromatic heterocycles. The van der Waals surface area contributed by atoms with Crippen LogP contribution < -0.4 is 0 Å². The van der Waals surface area contributed by atoms with E-state index in [1.165, 1.54) is 6.08 Å². The summed E-state index contributed by atoms with van der Waals surface area (Å²) in [6.07, 6.45) is 6.20. The molecule has 8 heavy (non-hydrogen) atoms. The molecule has 0 saturated heterocycles. The van der Waals surface area contributed by atoms with Gasteiger partial charge in [0, 0.05) is 0 Å². The molecule has 0 amide bonds. The van der Waals surface area contributed by atoms with E-state index in [9.17, 15) is 0 Å². The van der Waals surface area contributed by atoms with Gasteiger partial charge in [-0.1, -0.05) is 13.8 Å². The van der Waals surface area contributed by atoms with Gasteiger partial charge in [0.05, 0.1) is 0 Å². The van der Waals surface area contributed by atoms with Crippen LogP contribution in [-0.4, -0.2) is 0 Å². The van der Waals surface area contributed by atoms with Gasteiger partial charge in [-0.05, 0) is 0 Å². The van der Waals surface area contributed by atoms with Crippen molar-refractivity contribution < 1.29 is 46.9 Å². The first-order valence-electron chi connectivity index (χ1n) is 2.40. The zero-order valence-corrected chi connectivity index (χ0v) is 6.79. The van der Waals surface area contributed by atoms with Crippen molar-refractivity contribution in [2.24, 2.45) is 5.92 Å². The Hall–Kier alpha value is 0.999. The van der Waals surface area contributed by atoms with Crippen LogP contribution in [-0.2, 0) is 0 Å². The Morgan fingerprint density at radius 3 is 2.12 bits per heavy atom. The van der Waals surface area contributed by atoms with Gasteiger partial charge in [0.1, 0.15) is 0 Å². The van der Waals surface area contributed by atoms with Crippen molar-refractivity contribution in [2.45, 2.75) is 13.8 Å². The third-order valence-electron chi connectivity index (χ3n) is 0.526. The predicted octanol–water partition coefficient (Wildman–Crippen LogP) is 1.99. The van der Waals surface area contributed by atoms with Crippen molar-refractivity contribution in [2.75, 3.05) is 0 Å². The monoisotopic (exact) mass is 268 g/mol. The van der Waals surface area contributed by atoms with Gasteiger partial charge >= 0.3 is 46.9 Å². The van der Waals surface area contributed by atoms with E-state index in [2.05, 4.69) is 19.9 Å². The number of rotatable bonds is 2. The molecule has 0 saturated carbocycles. The minimum atomic E-state index is 0. The Bertz CT molecular complexity index is 72.5. The molecule has 0 unspecified atom stereocenters. The first-order valence-corrected chi connectivity index (χ1v) is 2.40. The maximum absolute atomic E-state index is 5.03. The zero-order chi connectivity index (χ0) is 5.70. The SMILES string of the molecule is [CH-]=CC=[C-]C(C)C.[Yb+2]. The van der Waals surface area contributed by atoms with Gasteiger partial charge in [0.25, 0.3) is 0 Å². The maximum Gasteiger partial charge on any atom is 2.00 e. The number of hydrogen-bond acceptors (Lipinski definition) is 0. The van der Waals surface area contributed by atoms with Crippen LogP contribution in [0.15, 0.2) is 12.2 Å². The standard InChI is InChI=1S/C7H10.Yb/c1-4-5-6-7(2)3;/h1,4-5,7H,2-3H3;/q-2;+2. The van der Waals surface area contributed by atoms with Crippen LogP contribution in [0.5, 0.6) is 0 Å². The molecule has 0 aliphatic rings. The Morgan fingerprint density at radius 2 is 2.00 bits per heavy atom. The molecule has 0 spiro atoms. The molecule has 0 heterocycles. The van der Waals surface area contributed by atoms with Crippen LogP contribution in [0.4, 0.5) is 0 Å². The molecular formula is C7H10Yb. The summed E-state index contributed by atoms with van der Waals surface area (Å²) in [5, 5.41) is 0. The second-order valence-electron chi connectivity index (χ2n) is 1.68. The van der Waals surface area contributed by atoms with Crippen LogP contribution in [0, 0.1) is 65.5 Å². The summed E-state index contributed by atoms with van der Waals surface area (Å²) in [6.45, 7) is 9.14. The van der Waals surface area contributed by atoms with Crippen molar-refractivity contribution in [1.82, 2.24) is 0 Å². The van der Waals surface area contributed by atoms with E-state index in [4.69, 9.17) is 6.58 Å². The van der Waals surface area contributed by atoms with E-state index in [0.717, 1.165) is 0 Å². The summed E-state index contributed by atoms with van der Waals surface area (Å²) in [7, 11) is 0. The molecule has 0 rings (SSSR count). The summed E-state index contributed by atoms with van der Waals surface area (Å²) >= 11 is 0. The van der Waals surface area contributed by atoms with Crippen molar-refractivity contribution in [3.8, 4) is 0 Å². The van der Waals surface area contributed by atoms with Gasteiger partial charge < -0.3 is 24.8 Å². The van der Waals surface area contributed by atoms with E-state index < -0.39 is 0 Å². The van der Waals surface area contributed by atoms with Crippen molar-refractivity contribution >= 4 is 0 Å². The Morgan fingerprint density at radius 1 is 1.50 bits per heavy atom. The van der Waals surface area contributed by atoms with Crippen molar-refractivity contribution in [3.63, 3.8) is 0 Å². The second kappa shape index (κ2) is 8.00. The van der Waals surface area contributed by atoms with E-state index in [-0.39, 0.29) is 46.9 Å². The molecule has 0 atom stereocenters. The van der Waals surface area contributed by atoms with Crippen LogP contribution in [0.1, 0.15) is 13.8 Å². The third kappa shape index (κ3) is 10.1. The van der Waals surface area contributed by atoms with Gasteiger partial charge in [-0.2, -0.15) is 0 Å².